The van der Waals surface area contributed by atoms with Gasteiger partial charge in [-0.25, -0.2) is 9.97 Å². The number of amides is 1. The van der Waals surface area contributed by atoms with Crippen molar-refractivity contribution in [3.05, 3.63) is 11.9 Å². The molecule has 0 saturated carbocycles. The minimum absolute atomic E-state index is 0.0201. The molecule has 2 aliphatic heterocycles. The molecule has 1 aromatic rings. The van der Waals surface area contributed by atoms with Crippen LogP contribution < -0.4 is 10.2 Å². The molecule has 1 N–H and O–H groups in total. The molecule has 1 saturated heterocycles. The monoisotopic (exact) mass is 328 g/mol. The maximum atomic E-state index is 12.1. The van der Waals surface area contributed by atoms with Crippen LogP contribution in [0.3, 0.4) is 0 Å². The Morgan fingerprint density at radius 1 is 1.54 bits per heavy atom. The fourth-order valence-electron chi connectivity index (χ4n) is 3.40. The number of anilines is 2. The van der Waals surface area contributed by atoms with E-state index in [9.17, 15) is 9.59 Å². The van der Waals surface area contributed by atoms with E-state index in [0.717, 1.165) is 6.42 Å². The van der Waals surface area contributed by atoms with Crippen LogP contribution in [0.2, 0.25) is 0 Å². The lowest BCUT2D eigenvalue weighted by Gasteiger charge is -2.42. The molecule has 8 nitrogen and oxygen atoms in total. The van der Waals surface area contributed by atoms with Gasteiger partial charge in [0.25, 0.3) is 0 Å². The summed E-state index contributed by atoms with van der Waals surface area (Å²) in [5.74, 6) is 1.34. The number of carbonyl (C=O) groups excluding carboxylic acids is 2. The van der Waals surface area contributed by atoms with Crippen LogP contribution in [0.5, 0.6) is 0 Å². The smallest absolute Gasteiger partial charge is 0.236 e. The Kier molecular flexibility index (Phi) is 4.34. The zero-order chi connectivity index (χ0) is 17.3. The van der Waals surface area contributed by atoms with Crippen LogP contribution in [0.15, 0.2) is 6.33 Å². The molecule has 0 spiro atoms. The molecule has 126 valence electrons. The highest BCUT2D eigenvalue weighted by Gasteiger charge is 2.35. The maximum Gasteiger partial charge on any atom is 0.236 e. The second-order valence-electron chi connectivity index (χ2n) is 6.32. The van der Waals surface area contributed by atoms with Gasteiger partial charge < -0.3 is 15.1 Å². The van der Waals surface area contributed by atoms with Crippen molar-refractivity contribution in [1.29, 1.82) is 5.26 Å². The number of aromatic nitrogens is 2. The molecule has 3 rings (SSSR count). The number of fused-ring (bicyclic) bond motifs is 1. The van der Waals surface area contributed by atoms with Crippen molar-refractivity contribution in [1.82, 2.24) is 14.9 Å². The van der Waals surface area contributed by atoms with Gasteiger partial charge in [-0.1, -0.05) is 6.92 Å². The number of ketones is 1. The predicted molar refractivity (Wildman–Crippen MR) is 87.6 cm³/mol. The minimum atomic E-state index is -0.145. The number of nitriles is 1. The van der Waals surface area contributed by atoms with Crippen LogP contribution in [0.1, 0.15) is 30.1 Å². The van der Waals surface area contributed by atoms with Gasteiger partial charge >= 0.3 is 0 Å². The van der Waals surface area contributed by atoms with Crippen molar-refractivity contribution in [3.8, 4) is 6.07 Å². The van der Waals surface area contributed by atoms with Crippen molar-refractivity contribution in [2.45, 2.75) is 25.8 Å². The van der Waals surface area contributed by atoms with E-state index in [-0.39, 0.29) is 30.7 Å². The number of nitrogens with zero attached hydrogens (tertiary/aromatic N) is 5. The van der Waals surface area contributed by atoms with Crippen LogP contribution in [0, 0.1) is 17.2 Å². The molecule has 0 aliphatic carbocycles. The first-order valence-corrected chi connectivity index (χ1v) is 8.02. The normalized spacial score (nSPS) is 22.5. The fourth-order valence-corrected chi connectivity index (χ4v) is 3.40. The number of likely N-dealkylation sites (N-methyl/N-ethyl adjacent to an activating group) is 1. The lowest BCUT2D eigenvalue weighted by Crippen LogP contribution is -2.53. The van der Waals surface area contributed by atoms with Gasteiger partial charge in [-0.05, 0) is 12.3 Å². The second kappa shape index (κ2) is 6.43. The molecule has 8 heteroatoms. The Labute approximate surface area is 140 Å². The quantitative estimate of drug-likeness (QED) is 0.870. The van der Waals surface area contributed by atoms with E-state index in [2.05, 4.69) is 22.2 Å². The van der Waals surface area contributed by atoms with E-state index in [4.69, 9.17) is 5.26 Å². The molecule has 0 aromatic carbocycles. The van der Waals surface area contributed by atoms with Crippen molar-refractivity contribution in [2.24, 2.45) is 5.92 Å². The number of carbonyl (C=O) groups is 2. The highest BCUT2D eigenvalue weighted by atomic mass is 16.2. The van der Waals surface area contributed by atoms with Crippen LogP contribution in [-0.2, 0) is 4.79 Å². The Balaban J connectivity index is 1.85. The van der Waals surface area contributed by atoms with E-state index in [1.165, 1.54) is 6.33 Å². The van der Waals surface area contributed by atoms with Crippen LogP contribution in [-0.4, -0.2) is 59.3 Å². The summed E-state index contributed by atoms with van der Waals surface area (Å²) in [6.07, 6.45) is 2.20. The Morgan fingerprint density at radius 3 is 3.08 bits per heavy atom. The lowest BCUT2D eigenvalue weighted by atomic mass is 9.92. The molecule has 2 aliphatic rings. The van der Waals surface area contributed by atoms with Crippen molar-refractivity contribution < 1.29 is 9.59 Å². The summed E-state index contributed by atoms with van der Waals surface area (Å²) in [5, 5.41) is 11.7. The third-order valence-corrected chi connectivity index (χ3v) is 4.86. The molecular weight excluding hydrogens is 308 g/mol. The molecule has 0 radical (unpaired) electrons. The van der Waals surface area contributed by atoms with E-state index in [1.807, 2.05) is 18.0 Å². The minimum Gasteiger partial charge on any atom is -0.362 e. The Hall–Kier alpha value is -2.69. The summed E-state index contributed by atoms with van der Waals surface area (Å²) in [7, 11) is 1.90. The molecule has 0 bridgehead atoms. The van der Waals surface area contributed by atoms with Gasteiger partial charge in [0.15, 0.2) is 5.78 Å². The largest absolute Gasteiger partial charge is 0.362 e. The fraction of sp³-hybridized carbons (Fsp3) is 0.562. The van der Waals surface area contributed by atoms with Gasteiger partial charge in [-0.3, -0.25) is 9.59 Å². The summed E-state index contributed by atoms with van der Waals surface area (Å²) >= 11 is 0. The number of likely N-dealkylation sites (tertiary alicyclic amines) is 1. The number of hydrogen-bond donors (Lipinski definition) is 1. The van der Waals surface area contributed by atoms with Gasteiger partial charge in [0, 0.05) is 20.1 Å². The zero-order valence-corrected chi connectivity index (χ0v) is 13.8. The molecule has 2 atom stereocenters. The third-order valence-electron chi connectivity index (χ3n) is 4.86. The highest BCUT2D eigenvalue weighted by molar-refractivity contribution is 6.10. The predicted octanol–water partition coefficient (Wildman–Crippen LogP) is 0.672. The zero-order valence-electron chi connectivity index (χ0n) is 13.8. The SMILES string of the molecule is C[C@@H]1CCN(C(=O)CC#N)C[C@@H]1N(C)c1ncnc2c1C(=O)CN2. The summed E-state index contributed by atoms with van der Waals surface area (Å²) < 4.78 is 0. The Bertz CT molecular complexity index is 713. The van der Waals surface area contributed by atoms with E-state index in [1.54, 1.807) is 4.90 Å². The van der Waals surface area contributed by atoms with Crippen molar-refractivity contribution in [3.63, 3.8) is 0 Å². The second-order valence-corrected chi connectivity index (χ2v) is 6.32. The standard InChI is InChI=1S/C16H20N6O2/c1-10-4-6-22(13(24)3-5-17)8-11(10)21(2)16-14-12(23)7-18-15(14)19-9-20-16/h9-11H,3-4,6-8H2,1-2H3,(H,18,19,20)/t10-,11+/m1/s1. The first-order chi connectivity index (χ1) is 11.5. The number of nitrogens with one attached hydrogen (secondary N) is 1. The molecule has 3 heterocycles. The average Bonchev–Trinajstić information content (AvgIpc) is 2.96. The summed E-state index contributed by atoms with van der Waals surface area (Å²) in [4.78, 5) is 36.3. The van der Waals surface area contributed by atoms with E-state index >= 15 is 0 Å². The van der Waals surface area contributed by atoms with Crippen LogP contribution >= 0.6 is 0 Å². The van der Waals surface area contributed by atoms with Crippen molar-refractivity contribution >= 4 is 23.3 Å². The first-order valence-electron chi connectivity index (χ1n) is 8.02. The van der Waals surface area contributed by atoms with Gasteiger partial charge in [0.1, 0.15) is 29.9 Å². The van der Waals surface area contributed by atoms with Crippen molar-refractivity contribution in [2.75, 3.05) is 36.9 Å². The molecule has 24 heavy (non-hydrogen) atoms. The van der Waals surface area contributed by atoms with E-state index < -0.39 is 0 Å². The topological polar surface area (TPSA) is 102 Å². The number of rotatable bonds is 3. The highest BCUT2D eigenvalue weighted by Crippen LogP contribution is 2.31. The molecule has 1 aromatic heterocycles. The molecular formula is C16H20N6O2. The molecule has 1 fully saturated rings. The number of Topliss-reactive ketones (excluding diaryl/α,β-unsaturated/α-hetero) is 1. The number of piperidine rings is 1. The van der Waals surface area contributed by atoms with Gasteiger partial charge in [0.05, 0.1) is 18.7 Å². The average molecular weight is 328 g/mol. The Morgan fingerprint density at radius 2 is 2.33 bits per heavy atom. The molecule has 1 amide bonds. The summed E-state index contributed by atoms with van der Waals surface area (Å²) in [6.45, 7) is 3.56. The third kappa shape index (κ3) is 2.77. The van der Waals surface area contributed by atoms with Gasteiger partial charge in [0.2, 0.25) is 5.91 Å². The maximum absolute atomic E-state index is 12.1. The summed E-state index contributed by atoms with van der Waals surface area (Å²) in [5.41, 5.74) is 0.521. The van der Waals surface area contributed by atoms with Gasteiger partial charge in [-0.2, -0.15) is 5.26 Å². The first kappa shape index (κ1) is 16.2. The van der Waals surface area contributed by atoms with Gasteiger partial charge in [-0.15, -0.1) is 0 Å². The summed E-state index contributed by atoms with van der Waals surface area (Å²) in [6, 6.07) is 1.95. The van der Waals surface area contributed by atoms with Crippen LogP contribution in [0.4, 0.5) is 11.6 Å². The van der Waals surface area contributed by atoms with Crippen LogP contribution in [0.25, 0.3) is 0 Å². The van der Waals surface area contributed by atoms with E-state index in [0.29, 0.717) is 36.2 Å². The lowest BCUT2D eigenvalue weighted by molar-refractivity contribution is -0.131. The molecule has 0 unspecified atom stereocenters. The number of hydrogen-bond acceptors (Lipinski definition) is 7.